The molecule has 32 heavy (non-hydrogen) atoms. The Bertz CT molecular complexity index is 1570. The highest BCUT2D eigenvalue weighted by atomic mass is 14.9. The summed E-state index contributed by atoms with van der Waals surface area (Å²) in [5.74, 6) is 0. The third-order valence-electron chi connectivity index (χ3n) is 7.27. The first-order valence-electron chi connectivity index (χ1n) is 11.2. The number of benzene rings is 4. The van der Waals surface area contributed by atoms with Crippen LogP contribution in [0.15, 0.2) is 91.6 Å². The minimum Gasteiger partial charge on any atom is -0.200 e. The van der Waals surface area contributed by atoms with Gasteiger partial charge in [-0.15, -0.1) is 0 Å². The van der Waals surface area contributed by atoms with E-state index in [0.29, 0.717) is 0 Å². The van der Waals surface area contributed by atoms with Crippen LogP contribution in [0.1, 0.15) is 30.5 Å². The van der Waals surface area contributed by atoms with Crippen LogP contribution in [0.25, 0.3) is 50.0 Å². The summed E-state index contributed by atoms with van der Waals surface area (Å²) in [6, 6.07) is 28.9. The van der Waals surface area contributed by atoms with Gasteiger partial charge in [-0.1, -0.05) is 81.1 Å². The normalized spacial score (nSPS) is 13.8. The maximum absolute atomic E-state index is 4.19. The molecule has 0 amide bonds. The second-order valence-corrected chi connectivity index (χ2v) is 9.38. The highest BCUT2D eigenvalue weighted by molar-refractivity contribution is 6.11. The Morgan fingerprint density at radius 2 is 1.50 bits per heavy atom. The lowest BCUT2D eigenvalue weighted by Gasteiger charge is -2.22. The molecule has 1 heteroatoms. The Hall–Kier alpha value is -3.71. The summed E-state index contributed by atoms with van der Waals surface area (Å²) < 4.78 is 2.25. The average Bonchev–Trinajstić information content (AvgIpc) is 3.04. The molecular formula is C31H26N+. The van der Waals surface area contributed by atoms with Crippen LogP contribution in [0, 0.1) is 0 Å². The predicted octanol–water partition coefficient (Wildman–Crippen LogP) is 7.43. The molecule has 0 spiro atoms. The molecule has 0 atom stereocenters. The number of pyridine rings is 1. The van der Waals surface area contributed by atoms with Crippen molar-refractivity contribution < 1.29 is 4.57 Å². The van der Waals surface area contributed by atoms with E-state index in [4.69, 9.17) is 0 Å². The number of aryl methyl sites for hydroxylation is 1. The van der Waals surface area contributed by atoms with Crippen molar-refractivity contribution in [3.63, 3.8) is 0 Å². The number of nitrogens with zero attached hydrogens (tertiary/aromatic N) is 1. The van der Waals surface area contributed by atoms with E-state index in [1.165, 1.54) is 60.6 Å². The third kappa shape index (κ3) is 2.48. The number of hydrogen-bond donors (Lipinski definition) is 0. The molecule has 1 aliphatic carbocycles. The molecule has 1 heterocycles. The van der Waals surface area contributed by atoms with E-state index in [1.807, 2.05) is 6.08 Å². The van der Waals surface area contributed by atoms with Gasteiger partial charge in [-0.2, -0.15) is 0 Å². The van der Waals surface area contributed by atoms with Crippen molar-refractivity contribution in [3.05, 3.63) is 108 Å². The number of hydrogen-bond acceptors (Lipinski definition) is 0. The SMILES string of the molecule is C=Cc1cc2c(cc1-c1c3ccc4ccccc4c3cc[n+]1C)C(C)(C)c1ccccc1-2. The Kier molecular flexibility index (Phi) is 3.95. The zero-order valence-corrected chi connectivity index (χ0v) is 18.8. The summed E-state index contributed by atoms with van der Waals surface area (Å²) in [4.78, 5) is 0. The lowest BCUT2D eigenvalue weighted by atomic mass is 9.81. The van der Waals surface area contributed by atoms with Crippen LogP contribution in [0.5, 0.6) is 0 Å². The second-order valence-electron chi connectivity index (χ2n) is 9.38. The van der Waals surface area contributed by atoms with Crippen LogP contribution in [0.4, 0.5) is 0 Å². The average molecular weight is 413 g/mol. The van der Waals surface area contributed by atoms with Crippen molar-refractivity contribution in [2.45, 2.75) is 19.3 Å². The summed E-state index contributed by atoms with van der Waals surface area (Å²) in [7, 11) is 2.14. The van der Waals surface area contributed by atoms with E-state index in [2.05, 4.69) is 117 Å². The Balaban J connectivity index is 1.71. The molecule has 0 saturated carbocycles. The van der Waals surface area contributed by atoms with Gasteiger partial charge in [0, 0.05) is 16.9 Å². The molecule has 0 unspecified atom stereocenters. The summed E-state index contributed by atoms with van der Waals surface area (Å²) >= 11 is 0. The van der Waals surface area contributed by atoms with Crippen LogP contribution in [0.3, 0.4) is 0 Å². The van der Waals surface area contributed by atoms with Crippen molar-refractivity contribution in [2.24, 2.45) is 7.05 Å². The van der Waals surface area contributed by atoms with Crippen LogP contribution in [-0.2, 0) is 12.5 Å². The van der Waals surface area contributed by atoms with Gasteiger partial charge >= 0.3 is 0 Å². The molecule has 1 aliphatic rings. The van der Waals surface area contributed by atoms with Crippen LogP contribution in [-0.4, -0.2) is 0 Å². The Morgan fingerprint density at radius 3 is 2.34 bits per heavy atom. The summed E-state index contributed by atoms with van der Waals surface area (Å²) in [6.07, 6.45) is 4.19. The van der Waals surface area contributed by atoms with Crippen molar-refractivity contribution in [3.8, 4) is 22.4 Å². The van der Waals surface area contributed by atoms with E-state index in [9.17, 15) is 0 Å². The van der Waals surface area contributed by atoms with Crippen LogP contribution >= 0.6 is 0 Å². The van der Waals surface area contributed by atoms with E-state index in [1.54, 1.807) is 0 Å². The Labute approximate surface area is 189 Å². The van der Waals surface area contributed by atoms with Gasteiger partial charge in [-0.05, 0) is 56.8 Å². The minimum absolute atomic E-state index is 0.0315. The predicted molar refractivity (Wildman–Crippen MR) is 136 cm³/mol. The number of aromatic nitrogens is 1. The first kappa shape index (κ1) is 19.0. The molecule has 0 N–H and O–H groups in total. The zero-order chi connectivity index (χ0) is 22.0. The largest absolute Gasteiger partial charge is 0.220 e. The molecule has 5 aromatic rings. The summed E-state index contributed by atoms with van der Waals surface area (Å²) in [6.45, 7) is 8.86. The van der Waals surface area contributed by atoms with Gasteiger partial charge in [0.15, 0.2) is 6.20 Å². The lowest BCUT2D eigenvalue weighted by molar-refractivity contribution is -0.659. The minimum atomic E-state index is -0.0315. The van der Waals surface area contributed by atoms with Crippen LogP contribution in [0.2, 0.25) is 0 Å². The van der Waals surface area contributed by atoms with E-state index < -0.39 is 0 Å². The molecule has 0 aliphatic heterocycles. The van der Waals surface area contributed by atoms with Crippen molar-refractivity contribution in [2.75, 3.05) is 0 Å². The monoisotopic (exact) mass is 412 g/mol. The first-order valence-corrected chi connectivity index (χ1v) is 11.2. The topological polar surface area (TPSA) is 3.88 Å². The molecular weight excluding hydrogens is 386 g/mol. The highest BCUT2D eigenvalue weighted by Crippen LogP contribution is 2.50. The number of fused-ring (bicyclic) bond motifs is 6. The Morgan fingerprint density at radius 1 is 0.719 bits per heavy atom. The maximum atomic E-state index is 4.19. The fraction of sp³-hybridized carbons (Fsp3) is 0.129. The van der Waals surface area contributed by atoms with Gasteiger partial charge < -0.3 is 0 Å². The fourth-order valence-corrected chi connectivity index (χ4v) is 5.61. The standard InChI is InChI=1S/C31H26N/c1-5-20-18-27-24-12-8-9-13-28(24)31(2,3)29(27)19-26(20)30-25-15-14-21-10-6-7-11-22(21)23(25)16-17-32(30)4/h5-19H,1H2,2-4H3/q+1. The molecule has 154 valence electrons. The molecule has 1 aromatic heterocycles. The van der Waals surface area contributed by atoms with E-state index >= 15 is 0 Å². The maximum Gasteiger partial charge on any atom is 0.220 e. The third-order valence-corrected chi connectivity index (χ3v) is 7.27. The van der Waals surface area contributed by atoms with Gasteiger partial charge in [0.2, 0.25) is 5.69 Å². The van der Waals surface area contributed by atoms with Crippen LogP contribution < -0.4 is 4.57 Å². The second kappa shape index (κ2) is 6.64. The van der Waals surface area contributed by atoms with Crippen molar-refractivity contribution in [1.29, 1.82) is 0 Å². The van der Waals surface area contributed by atoms with Crippen molar-refractivity contribution >= 4 is 27.6 Å². The lowest BCUT2D eigenvalue weighted by Crippen LogP contribution is -2.31. The highest BCUT2D eigenvalue weighted by Gasteiger charge is 2.36. The quantitative estimate of drug-likeness (QED) is 0.210. The molecule has 1 nitrogen and oxygen atoms in total. The summed E-state index contributed by atoms with van der Waals surface area (Å²) in [5.41, 5.74) is 9.07. The fourth-order valence-electron chi connectivity index (χ4n) is 5.61. The first-order chi connectivity index (χ1) is 15.5. The zero-order valence-electron chi connectivity index (χ0n) is 18.8. The van der Waals surface area contributed by atoms with Gasteiger partial charge in [-0.3, -0.25) is 0 Å². The smallest absolute Gasteiger partial charge is 0.200 e. The van der Waals surface area contributed by atoms with Gasteiger partial charge in [0.1, 0.15) is 7.05 Å². The van der Waals surface area contributed by atoms with E-state index in [0.717, 1.165) is 0 Å². The molecule has 0 fully saturated rings. The summed E-state index contributed by atoms with van der Waals surface area (Å²) in [5, 5.41) is 5.12. The molecule has 0 radical (unpaired) electrons. The molecule has 4 aromatic carbocycles. The molecule has 0 bridgehead atoms. The molecule has 0 saturated heterocycles. The van der Waals surface area contributed by atoms with Gasteiger partial charge in [0.25, 0.3) is 0 Å². The van der Waals surface area contributed by atoms with Gasteiger partial charge in [-0.25, -0.2) is 4.57 Å². The number of rotatable bonds is 2. The van der Waals surface area contributed by atoms with E-state index in [-0.39, 0.29) is 5.41 Å². The van der Waals surface area contributed by atoms with Gasteiger partial charge in [0.05, 0.1) is 10.9 Å². The van der Waals surface area contributed by atoms with Crippen molar-refractivity contribution in [1.82, 2.24) is 0 Å². The molecule has 6 rings (SSSR count).